The van der Waals surface area contributed by atoms with Crippen LogP contribution < -0.4 is 0 Å². The molecule has 2 fully saturated rings. The predicted molar refractivity (Wildman–Crippen MR) is 129 cm³/mol. The molecule has 4 atom stereocenters. The van der Waals surface area contributed by atoms with E-state index in [9.17, 15) is 19.2 Å². The van der Waals surface area contributed by atoms with E-state index in [1.54, 1.807) is 41.5 Å². The topological polar surface area (TPSA) is 105 Å². The first-order valence-electron chi connectivity index (χ1n) is 12.9. The van der Waals surface area contributed by atoms with Crippen molar-refractivity contribution in [2.45, 2.75) is 137 Å². The number of carbonyl (C=O) groups excluding carboxylic acids is 4. The van der Waals surface area contributed by atoms with Gasteiger partial charge in [-0.05, 0) is 80.1 Å². The molecule has 0 spiro atoms. The molecule has 0 aromatic heterocycles. The summed E-state index contributed by atoms with van der Waals surface area (Å²) in [7, 11) is 0. The Kier molecular flexibility index (Phi) is 9.04. The summed E-state index contributed by atoms with van der Waals surface area (Å²) in [5.41, 5.74) is -3.25. The van der Waals surface area contributed by atoms with Crippen LogP contribution in [-0.2, 0) is 38.1 Å². The molecule has 0 aromatic carbocycles. The van der Waals surface area contributed by atoms with Gasteiger partial charge in [0, 0.05) is 0 Å². The van der Waals surface area contributed by atoms with Crippen LogP contribution in [0.3, 0.4) is 0 Å². The largest absolute Gasteiger partial charge is 0.458 e. The van der Waals surface area contributed by atoms with E-state index in [0.29, 0.717) is 32.1 Å². The van der Waals surface area contributed by atoms with Gasteiger partial charge in [-0.1, -0.05) is 20.3 Å². The summed E-state index contributed by atoms with van der Waals surface area (Å²) in [5, 5.41) is 0. The van der Waals surface area contributed by atoms with E-state index in [1.165, 1.54) is 0 Å². The Balaban J connectivity index is 2.00. The molecule has 0 N–H and O–H groups in total. The van der Waals surface area contributed by atoms with E-state index in [-0.39, 0.29) is 36.7 Å². The lowest BCUT2D eigenvalue weighted by atomic mass is 9.85. The van der Waals surface area contributed by atoms with E-state index in [1.807, 2.05) is 13.8 Å². The highest BCUT2D eigenvalue weighted by atomic mass is 16.6. The monoisotopic (exact) mass is 496 g/mol. The van der Waals surface area contributed by atoms with Crippen molar-refractivity contribution in [2.24, 2.45) is 10.8 Å². The van der Waals surface area contributed by atoms with Crippen LogP contribution in [-0.4, -0.2) is 47.3 Å². The second-order valence-electron chi connectivity index (χ2n) is 12.1. The normalized spacial score (nSPS) is 29.0. The van der Waals surface area contributed by atoms with Gasteiger partial charge in [0.25, 0.3) is 0 Å². The van der Waals surface area contributed by atoms with Gasteiger partial charge < -0.3 is 18.9 Å². The maximum absolute atomic E-state index is 12.7. The number of hydrogen-bond donors (Lipinski definition) is 0. The summed E-state index contributed by atoms with van der Waals surface area (Å²) in [6.45, 7) is 14.5. The minimum absolute atomic E-state index is 0.0647. The lowest BCUT2D eigenvalue weighted by molar-refractivity contribution is -0.178. The molecule has 0 aliphatic carbocycles. The van der Waals surface area contributed by atoms with Gasteiger partial charge in [0.1, 0.15) is 12.2 Å². The highest BCUT2D eigenvalue weighted by Crippen LogP contribution is 2.41. The third kappa shape index (κ3) is 6.98. The Morgan fingerprint density at radius 2 is 1.29 bits per heavy atom. The number of unbranched alkanes of at least 4 members (excludes halogenated alkanes) is 2. The third-order valence-electron chi connectivity index (χ3n) is 6.96. The van der Waals surface area contributed by atoms with Gasteiger partial charge in [-0.3, -0.25) is 19.2 Å². The summed E-state index contributed by atoms with van der Waals surface area (Å²) < 4.78 is 22.9. The van der Waals surface area contributed by atoms with E-state index in [2.05, 4.69) is 0 Å². The minimum Gasteiger partial charge on any atom is -0.458 e. The Morgan fingerprint density at radius 1 is 0.800 bits per heavy atom. The lowest BCUT2D eigenvalue weighted by Gasteiger charge is -2.35. The van der Waals surface area contributed by atoms with E-state index in [4.69, 9.17) is 18.9 Å². The van der Waals surface area contributed by atoms with Crippen LogP contribution in [0, 0.1) is 10.8 Å². The van der Waals surface area contributed by atoms with Crippen LogP contribution in [0.15, 0.2) is 0 Å². The van der Waals surface area contributed by atoms with E-state index >= 15 is 0 Å². The van der Waals surface area contributed by atoms with Gasteiger partial charge in [0.2, 0.25) is 0 Å². The lowest BCUT2D eigenvalue weighted by Crippen LogP contribution is -2.45. The molecule has 8 heteroatoms. The van der Waals surface area contributed by atoms with Gasteiger partial charge in [0.15, 0.2) is 11.2 Å². The first kappa shape index (κ1) is 29.1. The number of carbonyl (C=O) groups is 4. The molecule has 2 rings (SSSR count). The molecule has 0 radical (unpaired) electrons. The van der Waals surface area contributed by atoms with Crippen molar-refractivity contribution in [3.05, 3.63) is 0 Å². The van der Waals surface area contributed by atoms with Gasteiger partial charge in [0.05, 0.1) is 23.7 Å². The zero-order chi connectivity index (χ0) is 26.7. The molecule has 0 saturated carbocycles. The van der Waals surface area contributed by atoms with Gasteiger partial charge in [-0.25, -0.2) is 0 Å². The van der Waals surface area contributed by atoms with Crippen molar-refractivity contribution in [1.29, 1.82) is 0 Å². The maximum Gasteiger partial charge on any atom is 0.311 e. The number of rotatable bonds is 10. The fourth-order valence-corrected chi connectivity index (χ4v) is 4.64. The van der Waals surface area contributed by atoms with E-state index in [0.717, 1.165) is 12.8 Å². The van der Waals surface area contributed by atoms with Crippen molar-refractivity contribution < 1.29 is 38.1 Å². The summed E-state index contributed by atoms with van der Waals surface area (Å²) in [6.07, 6.45) is 3.57. The van der Waals surface area contributed by atoms with Crippen molar-refractivity contribution in [3.8, 4) is 0 Å². The molecule has 200 valence electrons. The van der Waals surface area contributed by atoms with Gasteiger partial charge in [-0.15, -0.1) is 0 Å². The number of esters is 4. The van der Waals surface area contributed by atoms with Gasteiger partial charge in [-0.2, -0.15) is 0 Å². The zero-order valence-electron chi connectivity index (χ0n) is 22.8. The number of hydrogen-bond acceptors (Lipinski definition) is 8. The molecule has 4 unspecified atom stereocenters. The van der Waals surface area contributed by atoms with Crippen LogP contribution in [0.5, 0.6) is 0 Å². The van der Waals surface area contributed by atoms with Crippen LogP contribution >= 0.6 is 0 Å². The molecule has 2 saturated heterocycles. The smallest absolute Gasteiger partial charge is 0.311 e. The first-order chi connectivity index (χ1) is 16.1. The molecule has 0 aromatic rings. The summed E-state index contributed by atoms with van der Waals surface area (Å²) in [5.74, 6) is -1.38. The van der Waals surface area contributed by atoms with Crippen LogP contribution in [0.25, 0.3) is 0 Å². The van der Waals surface area contributed by atoms with E-state index < -0.39 is 34.2 Å². The molecule has 0 bridgehead atoms. The first-order valence-corrected chi connectivity index (χ1v) is 12.9. The van der Waals surface area contributed by atoms with Crippen molar-refractivity contribution in [1.82, 2.24) is 0 Å². The zero-order valence-corrected chi connectivity index (χ0v) is 22.8. The Morgan fingerprint density at radius 3 is 1.77 bits per heavy atom. The molecular formula is C27H44O8. The fraction of sp³-hybridized carbons (Fsp3) is 0.852. The Bertz CT molecular complexity index is 805. The quantitative estimate of drug-likeness (QED) is 0.235. The average Bonchev–Trinajstić information content (AvgIpc) is 3.22. The van der Waals surface area contributed by atoms with Crippen LogP contribution in [0.4, 0.5) is 0 Å². The van der Waals surface area contributed by atoms with Crippen molar-refractivity contribution in [3.63, 3.8) is 0 Å². The highest BCUT2D eigenvalue weighted by molar-refractivity contribution is 5.79. The van der Waals surface area contributed by atoms with Crippen LogP contribution in [0.2, 0.25) is 0 Å². The molecule has 0 amide bonds. The molecule has 35 heavy (non-hydrogen) atoms. The Hall–Kier alpha value is -2.12. The minimum atomic E-state index is -0.953. The maximum atomic E-state index is 12.7. The second kappa shape index (κ2) is 10.9. The molecule has 2 aliphatic heterocycles. The predicted octanol–water partition coefficient (Wildman–Crippen LogP) is 5.04. The van der Waals surface area contributed by atoms with Crippen molar-refractivity contribution >= 4 is 23.9 Å². The number of cyclic esters (lactones) is 2. The van der Waals surface area contributed by atoms with Gasteiger partial charge >= 0.3 is 23.9 Å². The summed E-state index contributed by atoms with van der Waals surface area (Å²) in [4.78, 5) is 49.5. The molecule has 8 nitrogen and oxygen atoms in total. The average molecular weight is 497 g/mol. The summed E-state index contributed by atoms with van der Waals surface area (Å²) in [6, 6.07) is 0. The highest BCUT2D eigenvalue weighted by Gasteiger charge is 2.53. The molecule has 2 heterocycles. The standard InChI is InChI=1S/C27H44O8/c1-9-18-27(17-21(29)32-18,35-23(31)25(6,7)8)15-13-11-12-14-19-26(10-2,16-20(28)33-19)34-22(30)24(3,4)5/h18-19H,9-17H2,1-8H3. The molecular weight excluding hydrogens is 452 g/mol. The van der Waals surface area contributed by atoms with Crippen molar-refractivity contribution in [2.75, 3.05) is 0 Å². The SMILES string of the molecule is CCC1OC(=O)CC1(CCCCCC1OC(=O)CC1(CC)OC(=O)C(C)(C)C)OC(=O)C(C)(C)C. The molecule has 2 aliphatic rings. The second-order valence-corrected chi connectivity index (χ2v) is 12.1. The number of ether oxygens (including phenoxy) is 4. The van der Waals surface area contributed by atoms with Crippen LogP contribution in [0.1, 0.15) is 113 Å². The summed E-state index contributed by atoms with van der Waals surface area (Å²) >= 11 is 0. The third-order valence-corrected chi connectivity index (χ3v) is 6.96. The fourth-order valence-electron chi connectivity index (χ4n) is 4.64. The Labute approximate surface area is 209 Å².